The average Bonchev–Trinajstić information content (AvgIpc) is 2.81. The van der Waals surface area contributed by atoms with Crippen LogP contribution in [0.5, 0.6) is 0 Å². The Kier molecular flexibility index (Phi) is 4.48. The molecule has 1 unspecified atom stereocenters. The first-order valence-electron chi connectivity index (χ1n) is 6.47. The summed E-state index contributed by atoms with van der Waals surface area (Å²) in [5, 5.41) is 6.64. The van der Waals surface area contributed by atoms with E-state index in [0.717, 1.165) is 18.4 Å². The van der Waals surface area contributed by atoms with Gasteiger partial charge in [-0.1, -0.05) is 36.6 Å². The fourth-order valence-electron chi connectivity index (χ4n) is 2.35. The van der Waals surface area contributed by atoms with Crippen LogP contribution in [0.1, 0.15) is 44.2 Å². The van der Waals surface area contributed by atoms with Gasteiger partial charge in [0.2, 0.25) is 0 Å². The van der Waals surface area contributed by atoms with Crippen LogP contribution >= 0.6 is 11.6 Å². The van der Waals surface area contributed by atoms with Gasteiger partial charge < -0.3 is 10.6 Å². The molecule has 3 nitrogen and oxygen atoms in total. The van der Waals surface area contributed by atoms with Gasteiger partial charge in [-0.15, -0.1) is 0 Å². The Labute approximate surface area is 113 Å². The van der Waals surface area contributed by atoms with Gasteiger partial charge >= 0.3 is 6.03 Å². The number of carbonyl (C=O) groups is 1. The molecular weight excluding hydrogens is 248 g/mol. The summed E-state index contributed by atoms with van der Waals surface area (Å²) in [5.74, 6) is 0. The van der Waals surface area contributed by atoms with Crippen LogP contribution in [0.25, 0.3) is 0 Å². The molecule has 1 atom stereocenters. The SMILES string of the molecule is CC(NC(=O)NC1CCCC1)c1cccc(Cl)c1. The van der Waals surface area contributed by atoms with Crippen molar-refractivity contribution < 1.29 is 4.79 Å². The zero-order valence-corrected chi connectivity index (χ0v) is 11.3. The van der Waals surface area contributed by atoms with Gasteiger partial charge in [0.15, 0.2) is 0 Å². The molecule has 0 radical (unpaired) electrons. The maximum absolute atomic E-state index is 11.8. The van der Waals surface area contributed by atoms with Crippen LogP contribution in [0.3, 0.4) is 0 Å². The van der Waals surface area contributed by atoms with Crippen molar-refractivity contribution in [3.63, 3.8) is 0 Å². The molecule has 2 N–H and O–H groups in total. The molecule has 1 aliphatic carbocycles. The number of nitrogens with one attached hydrogen (secondary N) is 2. The maximum atomic E-state index is 11.8. The molecule has 2 amide bonds. The largest absolute Gasteiger partial charge is 0.335 e. The molecule has 1 fully saturated rings. The maximum Gasteiger partial charge on any atom is 0.315 e. The zero-order chi connectivity index (χ0) is 13.0. The molecule has 18 heavy (non-hydrogen) atoms. The van der Waals surface area contributed by atoms with Gasteiger partial charge in [0, 0.05) is 11.1 Å². The number of amides is 2. The minimum atomic E-state index is -0.0885. The van der Waals surface area contributed by atoms with E-state index in [1.54, 1.807) is 0 Å². The molecule has 0 saturated heterocycles. The Balaban J connectivity index is 1.86. The Morgan fingerprint density at radius 1 is 1.39 bits per heavy atom. The number of carbonyl (C=O) groups excluding carboxylic acids is 1. The van der Waals surface area contributed by atoms with Crippen molar-refractivity contribution in [3.8, 4) is 0 Å². The summed E-state index contributed by atoms with van der Waals surface area (Å²) in [6.07, 6.45) is 4.63. The molecular formula is C14H19ClN2O. The van der Waals surface area contributed by atoms with Gasteiger partial charge in [-0.3, -0.25) is 0 Å². The topological polar surface area (TPSA) is 41.1 Å². The standard InChI is InChI=1S/C14H19ClN2O/c1-10(11-5-4-6-12(15)9-11)16-14(18)17-13-7-2-3-8-13/h4-6,9-10,13H,2-3,7-8H2,1H3,(H2,16,17,18). The first-order valence-corrected chi connectivity index (χ1v) is 6.85. The second-order valence-electron chi connectivity index (χ2n) is 4.88. The lowest BCUT2D eigenvalue weighted by Crippen LogP contribution is -2.41. The van der Waals surface area contributed by atoms with Gasteiger partial charge in [-0.2, -0.15) is 0 Å². The van der Waals surface area contributed by atoms with E-state index in [2.05, 4.69) is 10.6 Å². The van der Waals surface area contributed by atoms with E-state index in [1.807, 2.05) is 31.2 Å². The molecule has 1 saturated carbocycles. The molecule has 2 rings (SSSR count). The van der Waals surface area contributed by atoms with Crippen LogP contribution < -0.4 is 10.6 Å². The van der Waals surface area contributed by atoms with Gasteiger partial charge in [0.05, 0.1) is 6.04 Å². The number of rotatable bonds is 3. The highest BCUT2D eigenvalue weighted by atomic mass is 35.5. The van der Waals surface area contributed by atoms with E-state index in [4.69, 9.17) is 11.6 Å². The normalized spacial score (nSPS) is 17.4. The van der Waals surface area contributed by atoms with E-state index < -0.39 is 0 Å². The summed E-state index contributed by atoms with van der Waals surface area (Å²) >= 11 is 5.93. The number of hydrogen-bond donors (Lipinski definition) is 2. The molecule has 1 aliphatic rings. The number of halogens is 1. The Hall–Kier alpha value is -1.22. The fourth-order valence-corrected chi connectivity index (χ4v) is 2.55. The molecule has 98 valence electrons. The highest BCUT2D eigenvalue weighted by Crippen LogP contribution is 2.19. The molecule has 0 aromatic heterocycles. The van der Waals surface area contributed by atoms with Crippen LogP contribution in [-0.2, 0) is 0 Å². The Bertz CT molecular complexity index is 416. The van der Waals surface area contributed by atoms with Crippen molar-refractivity contribution in [1.29, 1.82) is 0 Å². The molecule has 0 spiro atoms. The van der Waals surface area contributed by atoms with Gasteiger partial charge in [0.25, 0.3) is 0 Å². The van der Waals surface area contributed by atoms with Crippen molar-refractivity contribution in [2.24, 2.45) is 0 Å². The summed E-state index contributed by atoms with van der Waals surface area (Å²) in [4.78, 5) is 11.8. The molecule has 1 aromatic rings. The summed E-state index contributed by atoms with van der Waals surface area (Å²) in [5.41, 5.74) is 1.02. The second-order valence-corrected chi connectivity index (χ2v) is 5.31. The zero-order valence-electron chi connectivity index (χ0n) is 10.6. The first kappa shape index (κ1) is 13.2. The van der Waals surface area contributed by atoms with E-state index >= 15 is 0 Å². The number of hydrogen-bond acceptors (Lipinski definition) is 1. The third kappa shape index (κ3) is 3.64. The van der Waals surface area contributed by atoms with Gasteiger partial charge in [-0.05, 0) is 37.5 Å². The van der Waals surface area contributed by atoms with E-state index in [1.165, 1.54) is 12.8 Å². The van der Waals surface area contributed by atoms with E-state index in [9.17, 15) is 4.79 Å². The van der Waals surface area contributed by atoms with Crippen LogP contribution in [0, 0.1) is 0 Å². The highest BCUT2D eigenvalue weighted by Gasteiger charge is 2.18. The van der Waals surface area contributed by atoms with Crippen LogP contribution in [-0.4, -0.2) is 12.1 Å². The molecule has 0 aliphatic heterocycles. The highest BCUT2D eigenvalue weighted by molar-refractivity contribution is 6.30. The number of urea groups is 1. The molecule has 4 heteroatoms. The average molecular weight is 267 g/mol. The lowest BCUT2D eigenvalue weighted by atomic mass is 10.1. The van der Waals surface area contributed by atoms with E-state index in [0.29, 0.717) is 11.1 Å². The summed E-state index contributed by atoms with van der Waals surface area (Å²) in [6.45, 7) is 1.96. The fraction of sp³-hybridized carbons (Fsp3) is 0.500. The number of benzene rings is 1. The summed E-state index contributed by atoms with van der Waals surface area (Å²) in [6, 6.07) is 7.78. The molecule has 0 heterocycles. The van der Waals surface area contributed by atoms with Crippen molar-refractivity contribution in [1.82, 2.24) is 10.6 Å². The van der Waals surface area contributed by atoms with Crippen LogP contribution in [0.15, 0.2) is 24.3 Å². The quantitative estimate of drug-likeness (QED) is 0.862. The Morgan fingerprint density at radius 3 is 2.78 bits per heavy atom. The van der Waals surface area contributed by atoms with Crippen LogP contribution in [0.4, 0.5) is 4.79 Å². The third-order valence-electron chi connectivity index (χ3n) is 3.39. The lowest BCUT2D eigenvalue weighted by molar-refractivity contribution is 0.234. The monoisotopic (exact) mass is 266 g/mol. The summed E-state index contributed by atoms with van der Waals surface area (Å²) in [7, 11) is 0. The predicted molar refractivity (Wildman–Crippen MR) is 73.8 cm³/mol. The molecule has 1 aromatic carbocycles. The van der Waals surface area contributed by atoms with Crippen molar-refractivity contribution >= 4 is 17.6 Å². The van der Waals surface area contributed by atoms with Gasteiger partial charge in [0.1, 0.15) is 0 Å². The van der Waals surface area contributed by atoms with Gasteiger partial charge in [-0.25, -0.2) is 4.79 Å². The minimum Gasteiger partial charge on any atom is -0.335 e. The van der Waals surface area contributed by atoms with Crippen molar-refractivity contribution in [2.75, 3.05) is 0 Å². The minimum absolute atomic E-state index is 0.0369. The Morgan fingerprint density at radius 2 is 2.11 bits per heavy atom. The molecule has 0 bridgehead atoms. The second kappa shape index (κ2) is 6.10. The summed E-state index contributed by atoms with van der Waals surface area (Å²) < 4.78 is 0. The predicted octanol–water partition coefficient (Wildman–Crippen LogP) is 3.64. The van der Waals surface area contributed by atoms with Crippen LogP contribution in [0.2, 0.25) is 5.02 Å². The van der Waals surface area contributed by atoms with Crippen molar-refractivity contribution in [2.45, 2.75) is 44.7 Å². The smallest absolute Gasteiger partial charge is 0.315 e. The first-order chi connectivity index (χ1) is 8.65. The lowest BCUT2D eigenvalue weighted by Gasteiger charge is -2.18. The third-order valence-corrected chi connectivity index (χ3v) is 3.62. The van der Waals surface area contributed by atoms with Crippen molar-refractivity contribution in [3.05, 3.63) is 34.9 Å². The van der Waals surface area contributed by atoms with E-state index in [-0.39, 0.29) is 12.1 Å².